The Kier molecular flexibility index (Phi) is 3.79. The second kappa shape index (κ2) is 5.90. The molecule has 0 saturated carbocycles. The number of hydrogen-bond donors (Lipinski definition) is 0. The molecule has 0 aromatic heterocycles. The van der Waals surface area contributed by atoms with Gasteiger partial charge in [0.25, 0.3) is 0 Å². The molecule has 0 atom stereocenters. The van der Waals surface area contributed by atoms with Crippen LogP contribution in [0, 0.1) is 0 Å². The summed E-state index contributed by atoms with van der Waals surface area (Å²) in [7, 11) is 2.88. The lowest BCUT2D eigenvalue weighted by atomic mass is 9.95. The predicted molar refractivity (Wildman–Crippen MR) is 88.5 cm³/mol. The SMILES string of the molecule is COC=C(C(=O)OC)c1cccc2c1ccc1ccccc12. The van der Waals surface area contributed by atoms with Gasteiger partial charge in [-0.05, 0) is 27.1 Å². The highest BCUT2D eigenvalue weighted by molar-refractivity contribution is 6.22. The van der Waals surface area contributed by atoms with Crippen molar-refractivity contribution in [2.24, 2.45) is 0 Å². The van der Waals surface area contributed by atoms with Crippen molar-refractivity contribution in [3.05, 3.63) is 66.4 Å². The van der Waals surface area contributed by atoms with E-state index >= 15 is 0 Å². The number of carbonyl (C=O) groups excluding carboxylic acids is 1. The zero-order valence-corrected chi connectivity index (χ0v) is 12.5. The average molecular weight is 292 g/mol. The first-order chi connectivity index (χ1) is 10.8. The van der Waals surface area contributed by atoms with Crippen LogP contribution >= 0.6 is 0 Å². The lowest BCUT2D eigenvalue weighted by Gasteiger charge is -2.11. The van der Waals surface area contributed by atoms with Crippen LogP contribution in [0.2, 0.25) is 0 Å². The third-order valence-corrected chi connectivity index (χ3v) is 3.72. The molecule has 0 amide bonds. The molecular weight excluding hydrogens is 276 g/mol. The van der Waals surface area contributed by atoms with Gasteiger partial charge in [-0.15, -0.1) is 0 Å². The molecule has 0 heterocycles. The van der Waals surface area contributed by atoms with Gasteiger partial charge in [0.05, 0.1) is 20.5 Å². The van der Waals surface area contributed by atoms with Gasteiger partial charge in [-0.25, -0.2) is 4.79 Å². The molecule has 22 heavy (non-hydrogen) atoms. The fourth-order valence-corrected chi connectivity index (χ4v) is 2.72. The Labute approximate surface area is 128 Å². The number of carbonyl (C=O) groups is 1. The molecular formula is C19H16O3. The van der Waals surface area contributed by atoms with Crippen molar-refractivity contribution in [2.75, 3.05) is 14.2 Å². The minimum Gasteiger partial charge on any atom is -0.503 e. The van der Waals surface area contributed by atoms with Gasteiger partial charge in [-0.1, -0.05) is 54.6 Å². The second-order valence-corrected chi connectivity index (χ2v) is 4.95. The van der Waals surface area contributed by atoms with Crippen molar-refractivity contribution >= 4 is 33.1 Å². The summed E-state index contributed by atoms with van der Waals surface area (Å²) in [6.45, 7) is 0. The number of fused-ring (bicyclic) bond motifs is 3. The number of rotatable bonds is 3. The standard InChI is InChI=1S/C19H16O3/c1-21-12-18(19(20)22-2)16-9-5-8-15-14-7-4-3-6-13(14)10-11-17(15)16/h3-12H,1-2H3. The summed E-state index contributed by atoms with van der Waals surface area (Å²) in [5.41, 5.74) is 1.21. The molecule has 3 rings (SSSR count). The van der Waals surface area contributed by atoms with Crippen molar-refractivity contribution in [3.8, 4) is 0 Å². The van der Waals surface area contributed by atoms with Crippen LogP contribution in [0.5, 0.6) is 0 Å². The van der Waals surface area contributed by atoms with Gasteiger partial charge in [0, 0.05) is 0 Å². The Balaban J connectivity index is 2.33. The highest BCUT2D eigenvalue weighted by atomic mass is 16.5. The Morgan fingerprint density at radius 2 is 1.64 bits per heavy atom. The Hall–Kier alpha value is -2.81. The molecule has 3 nitrogen and oxygen atoms in total. The highest BCUT2D eigenvalue weighted by Crippen LogP contribution is 2.31. The first-order valence-electron chi connectivity index (χ1n) is 6.98. The van der Waals surface area contributed by atoms with Crippen LogP contribution in [-0.2, 0) is 14.3 Å². The van der Waals surface area contributed by atoms with E-state index in [0.717, 1.165) is 21.7 Å². The van der Waals surface area contributed by atoms with E-state index in [4.69, 9.17) is 9.47 Å². The molecule has 0 saturated heterocycles. The minimum absolute atomic E-state index is 0.408. The maximum absolute atomic E-state index is 12.0. The first kappa shape index (κ1) is 14.1. The summed E-state index contributed by atoms with van der Waals surface area (Å²) < 4.78 is 9.92. The smallest absolute Gasteiger partial charge is 0.341 e. The monoisotopic (exact) mass is 292 g/mol. The van der Waals surface area contributed by atoms with E-state index in [-0.39, 0.29) is 0 Å². The molecule has 0 bridgehead atoms. The minimum atomic E-state index is -0.414. The number of ether oxygens (including phenoxy) is 2. The van der Waals surface area contributed by atoms with E-state index in [9.17, 15) is 4.79 Å². The van der Waals surface area contributed by atoms with Gasteiger partial charge in [0.2, 0.25) is 0 Å². The Bertz CT molecular complexity index is 878. The normalized spacial score (nSPS) is 11.6. The third-order valence-electron chi connectivity index (χ3n) is 3.72. The van der Waals surface area contributed by atoms with E-state index < -0.39 is 5.97 Å². The van der Waals surface area contributed by atoms with Gasteiger partial charge in [0.15, 0.2) is 0 Å². The van der Waals surface area contributed by atoms with E-state index in [2.05, 4.69) is 24.3 Å². The highest BCUT2D eigenvalue weighted by Gasteiger charge is 2.16. The molecule has 110 valence electrons. The zero-order valence-electron chi connectivity index (χ0n) is 12.5. The topological polar surface area (TPSA) is 35.5 Å². The summed E-state index contributed by atoms with van der Waals surface area (Å²) in [5.74, 6) is -0.414. The molecule has 0 aliphatic rings. The number of methoxy groups -OCH3 is 2. The van der Waals surface area contributed by atoms with Crippen molar-refractivity contribution in [1.82, 2.24) is 0 Å². The Morgan fingerprint density at radius 1 is 0.864 bits per heavy atom. The van der Waals surface area contributed by atoms with Gasteiger partial charge in [0.1, 0.15) is 5.57 Å². The number of hydrogen-bond acceptors (Lipinski definition) is 3. The number of esters is 1. The van der Waals surface area contributed by atoms with Crippen molar-refractivity contribution in [1.29, 1.82) is 0 Å². The van der Waals surface area contributed by atoms with Gasteiger partial charge < -0.3 is 9.47 Å². The first-order valence-corrected chi connectivity index (χ1v) is 6.98. The molecule has 0 unspecified atom stereocenters. The second-order valence-electron chi connectivity index (χ2n) is 4.95. The average Bonchev–Trinajstić information content (AvgIpc) is 2.58. The van der Waals surface area contributed by atoms with Crippen molar-refractivity contribution in [3.63, 3.8) is 0 Å². The lowest BCUT2D eigenvalue weighted by molar-refractivity contribution is -0.133. The molecule has 0 aliphatic carbocycles. The number of benzene rings is 3. The van der Waals surface area contributed by atoms with Crippen LogP contribution in [0.25, 0.3) is 27.1 Å². The fourth-order valence-electron chi connectivity index (χ4n) is 2.72. The Morgan fingerprint density at radius 3 is 2.41 bits per heavy atom. The molecule has 0 N–H and O–H groups in total. The summed E-state index contributed by atoms with van der Waals surface area (Å²) >= 11 is 0. The summed E-state index contributed by atoms with van der Waals surface area (Å²) in [4.78, 5) is 12.0. The zero-order chi connectivity index (χ0) is 15.5. The largest absolute Gasteiger partial charge is 0.503 e. The van der Waals surface area contributed by atoms with Crippen molar-refractivity contribution < 1.29 is 14.3 Å². The maximum Gasteiger partial charge on any atom is 0.341 e. The van der Waals surface area contributed by atoms with Gasteiger partial charge in [-0.3, -0.25) is 0 Å². The molecule has 3 aromatic rings. The van der Waals surface area contributed by atoms with Crippen LogP contribution in [-0.4, -0.2) is 20.2 Å². The van der Waals surface area contributed by atoms with Crippen molar-refractivity contribution in [2.45, 2.75) is 0 Å². The molecule has 3 aromatic carbocycles. The fraction of sp³-hybridized carbons (Fsp3) is 0.105. The van der Waals surface area contributed by atoms with Crippen LogP contribution in [0.15, 0.2) is 60.9 Å². The maximum atomic E-state index is 12.0. The van der Waals surface area contributed by atoms with Gasteiger partial charge >= 0.3 is 5.97 Å². The van der Waals surface area contributed by atoms with Crippen LogP contribution in [0.4, 0.5) is 0 Å². The third kappa shape index (κ3) is 2.31. The van der Waals surface area contributed by atoms with Crippen LogP contribution in [0.1, 0.15) is 5.56 Å². The molecule has 0 fully saturated rings. The van der Waals surface area contributed by atoms with Gasteiger partial charge in [-0.2, -0.15) is 0 Å². The van der Waals surface area contributed by atoms with E-state index in [1.54, 1.807) is 0 Å². The molecule has 0 radical (unpaired) electrons. The molecule has 0 spiro atoms. The van der Waals surface area contributed by atoms with E-state index in [1.807, 2.05) is 30.3 Å². The van der Waals surface area contributed by atoms with Crippen LogP contribution < -0.4 is 0 Å². The summed E-state index contributed by atoms with van der Waals surface area (Å²) in [5, 5.41) is 4.42. The molecule has 3 heteroatoms. The van der Waals surface area contributed by atoms with E-state index in [0.29, 0.717) is 5.57 Å². The van der Waals surface area contributed by atoms with E-state index in [1.165, 1.54) is 25.9 Å². The molecule has 0 aliphatic heterocycles. The van der Waals surface area contributed by atoms with Crippen LogP contribution in [0.3, 0.4) is 0 Å². The lowest BCUT2D eigenvalue weighted by Crippen LogP contribution is -2.05. The summed E-state index contributed by atoms with van der Waals surface area (Å²) in [6, 6.07) is 18.2. The summed E-state index contributed by atoms with van der Waals surface area (Å²) in [6.07, 6.45) is 1.43. The predicted octanol–water partition coefficient (Wildman–Crippen LogP) is 4.15. The quantitative estimate of drug-likeness (QED) is 0.315.